The van der Waals surface area contributed by atoms with E-state index in [4.69, 9.17) is 10.5 Å². The van der Waals surface area contributed by atoms with E-state index >= 15 is 0 Å². The molecule has 5 heteroatoms. The second-order valence-electron chi connectivity index (χ2n) is 5.18. The molecule has 0 aromatic carbocycles. The van der Waals surface area contributed by atoms with Crippen LogP contribution in [0.1, 0.15) is 43.7 Å². The summed E-state index contributed by atoms with van der Waals surface area (Å²) in [4.78, 5) is 4.14. The molecule has 1 aliphatic rings. The van der Waals surface area contributed by atoms with Crippen LogP contribution in [0.3, 0.4) is 0 Å². The maximum Gasteiger partial charge on any atom is 0.0892 e. The van der Waals surface area contributed by atoms with Gasteiger partial charge in [0.2, 0.25) is 0 Å². The molecule has 19 heavy (non-hydrogen) atoms. The van der Waals surface area contributed by atoms with E-state index in [0.29, 0.717) is 6.10 Å². The van der Waals surface area contributed by atoms with Crippen LogP contribution in [0.15, 0.2) is 24.8 Å². The van der Waals surface area contributed by atoms with Gasteiger partial charge >= 0.3 is 0 Å². The molecule has 0 spiro atoms. The van der Waals surface area contributed by atoms with E-state index in [-0.39, 0.29) is 6.04 Å². The van der Waals surface area contributed by atoms with Crippen molar-refractivity contribution in [3.63, 3.8) is 0 Å². The highest BCUT2D eigenvalue weighted by atomic mass is 16.5. The van der Waals surface area contributed by atoms with Crippen LogP contribution < -0.4 is 5.73 Å². The van der Waals surface area contributed by atoms with Gasteiger partial charge in [0.25, 0.3) is 0 Å². The van der Waals surface area contributed by atoms with Gasteiger partial charge in [0, 0.05) is 30.6 Å². The van der Waals surface area contributed by atoms with E-state index in [1.165, 1.54) is 12.8 Å². The van der Waals surface area contributed by atoms with Crippen molar-refractivity contribution in [3.8, 4) is 0 Å². The van der Waals surface area contributed by atoms with Crippen molar-refractivity contribution in [3.05, 3.63) is 30.4 Å². The van der Waals surface area contributed by atoms with Crippen LogP contribution in [0.5, 0.6) is 0 Å². The molecule has 2 N–H and O–H groups in total. The quantitative estimate of drug-likeness (QED) is 0.894. The Hall–Kier alpha value is -1.46. The molecule has 0 amide bonds. The minimum absolute atomic E-state index is 0.0307. The molecular weight excluding hydrogens is 240 g/mol. The summed E-state index contributed by atoms with van der Waals surface area (Å²) in [6, 6.07) is 0.0307. The van der Waals surface area contributed by atoms with E-state index < -0.39 is 0 Å². The van der Waals surface area contributed by atoms with Gasteiger partial charge < -0.3 is 10.5 Å². The van der Waals surface area contributed by atoms with Crippen molar-refractivity contribution >= 4 is 5.52 Å². The van der Waals surface area contributed by atoms with Crippen molar-refractivity contribution in [2.75, 3.05) is 6.61 Å². The Labute approximate surface area is 112 Å². The van der Waals surface area contributed by atoms with Gasteiger partial charge in [0.05, 0.1) is 24.0 Å². The first-order valence-corrected chi connectivity index (χ1v) is 6.99. The molecule has 2 aromatic heterocycles. The van der Waals surface area contributed by atoms with Crippen molar-refractivity contribution in [2.24, 2.45) is 5.73 Å². The Morgan fingerprint density at radius 1 is 1.47 bits per heavy atom. The van der Waals surface area contributed by atoms with E-state index in [9.17, 15) is 0 Å². The van der Waals surface area contributed by atoms with Crippen molar-refractivity contribution in [1.29, 1.82) is 0 Å². The molecule has 2 unspecified atom stereocenters. The van der Waals surface area contributed by atoms with Crippen LogP contribution in [0.25, 0.3) is 5.52 Å². The fourth-order valence-corrected chi connectivity index (χ4v) is 2.73. The highest BCUT2D eigenvalue weighted by Crippen LogP contribution is 2.23. The van der Waals surface area contributed by atoms with E-state index in [0.717, 1.165) is 36.9 Å². The monoisotopic (exact) mass is 260 g/mol. The number of hydrogen-bond donors (Lipinski definition) is 1. The largest absolute Gasteiger partial charge is 0.378 e. The molecule has 0 radical (unpaired) electrons. The molecule has 3 rings (SSSR count). The predicted octanol–water partition coefficient (Wildman–Crippen LogP) is 2.08. The Morgan fingerprint density at radius 3 is 3.26 bits per heavy atom. The first-order valence-electron chi connectivity index (χ1n) is 6.99. The summed E-state index contributed by atoms with van der Waals surface area (Å²) < 4.78 is 7.45. The zero-order chi connectivity index (χ0) is 13.1. The summed E-state index contributed by atoms with van der Waals surface area (Å²) in [7, 11) is 0. The van der Waals surface area contributed by atoms with Crippen LogP contribution in [0.2, 0.25) is 0 Å². The number of nitrogens with two attached hydrogens (primary N) is 1. The summed E-state index contributed by atoms with van der Waals surface area (Å²) >= 11 is 0. The van der Waals surface area contributed by atoms with Gasteiger partial charge in [-0.25, -0.2) is 4.52 Å². The van der Waals surface area contributed by atoms with Crippen LogP contribution in [0.4, 0.5) is 0 Å². The zero-order valence-corrected chi connectivity index (χ0v) is 11.0. The molecule has 102 valence electrons. The zero-order valence-electron chi connectivity index (χ0n) is 11.0. The van der Waals surface area contributed by atoms with Gasteiger partial charge in [-0.3, -0.25) is 4.98 Å². The molecule has 0 bridgehead atoms. The second kappa shape index (κ2) is 5.67. The highest BCUT2D eigenvalue weighted by Gasteiger charge is 2.17. The average molecular weight is 260 g/mol. The fraction of sp³-hybridized carbons (Fsp3) is 0.571. The average Bonchev–Trinajstić information content (AvgIpc) is 3.07. The molecule has 1 aliphatic heterocycles. The van der Waals surface area contributed by atoms with Crippen LogP contribution in [0, 0.1) is 0 Å². The molecule has 1 saturated heterocycles. The molecule has 3 heterocycles. The lowest BCUT2D eigenvalue weighted by Crippen LogP contribution is -2.12. The Balaban J connectivity index is 1.58. The van der Waals surface area contributed by atoms with Gasteiger partial charge in [-0.1, -0.05) is 0 Å². The maximum atomic E-state index is 6.27. The predicted molar refractivity (Wildman–Crippen MR) is 72.7 cm³/mol. The summed E-state index contributed by atoms with van der Waals surface area (Å²) in [5.41, 5.74) is 8.36. The summed E-state index contributed by atoms with van der Waals surface area (Å²) in [5, 5.41) is 4.30. The fourth-order valence-electron chi connectivity index (χ4n) is 2.73. The third-order valence-electron chi connectivity index (χ3n) is 3.82. The highest BCUT2D eigenvalue weighted by molar-refractivity contribution is 5.52. The lowest BCUT2D eigenvalue weighted by molar-refractivity contribution is 0.101. The minimum Gasteiger partial charge on any atom is -0.378 e. The first-order chi connectivity index (χ1) is 9.34. The molecule has 1 fully saturated rings. The normalized spacial score (nSPS) is 21.0. The Bertz CT molecular complexity index is 533. The van der Waals surface area contributed by atoms with Crippen molar-refractivity contribution < 1.29 is 4.74 Å². The molecule has 2 aromatic rings. The number of nitrogens with zero attached hydrogens (tertiary/aromatic N) is 3. The second-order valence-corrected chi connectivity index (χ2v) is 5.18. The third-order valence-corrected chi connectivity index (χ3v) is 3.82. The number of aromatic nitrogens is 3. The summed E-state index contributed by atoms with van der Waals surface area (Å²) in [5.74, 6) is 0. The Kier molecular flexibility index (Phi) is 3.75. The number of hydrogen-bond acceptors (Lipinski definition) is 4. The molecule has 0 saturated carbocycles. The minimum atomic E-state index is 0.0307. The SMILES string of the molecule is NC(CCCC1CCCO1)c1cnn2ccncc12. The molecule has 2 atom stereocenters. The number of fused-ring (bicyclic) bond motifs is 1. The van der Waals surface area contributed by atoms with Crippen LogP contribution >= 0.6 is 0 Å². The summed E-state index contributed by atoms with van der Waals surface area (Å²) in [6.07, 6.45) is 13.3. The topological polar surface area (TPSA) is 65.4 Å². The van der Waals surface area contributed by atoms with Gasteiger partial charge in [-0.05, 0) is 32.1 Å². The van der Waals surface area contributed by atoms with Gasteiger partial charge in [0.15, 0.2) is 0 Å². The molecule has 5 nitrogen and oxygen atoms in total. The smallest absolute Gasteiger partial charge is 0.0892 e. The Morgan fingerprint density at radius 2 is 2.42 bits per heavy atom. The third kappa shape index (κ3) is 2.77. The van der Waals surface area contributed by atoms with Crippen LogP contribution in [-0.2, 0) is 4.74 Å². The van der Waals surface area contributed by atoms with Gasteiger partial charge in [0.1, 0.15) is 0 Å². The van der Waals surface area contributed by atoms with Crippen molar-refractivity contribution in [2.45, 2.75) is 44.2 Å². The van der Waals surface area contributed by atoms with Gasteiger partial charge in [-0.2, -0.15) is 5.10 Å². The number of ether oxygens (including phenoxy) is 1. The van der Waals surface area contributed by atoms with E-state index in [1.54, 1.807) is 6.20 Å². The summed E-state index contributed by atoms with van der Waals surface area (Å²) in [6.45, 7) is 0.927. The van der Waals surface area contributed by atoms with E-state index in [2.05, 4.69) is 10.1 Å². The standard InChI is InChI=1S/C14H20N4O/c15-13(5-1-3-11-4-2-8-19-11)12-9-17-18-7-6-16-10-14(12)18/h6-7,9-11,13H,1-5,8,15H2. The maximum absolute atomic E-state index is 6.27. The molecule has 0 aliphatic carbocycles. The van der Waals surface area contributed by atoms with Crippen molar-refractivity contribution in [1.82, 2.24) is 14.6 Å². The van der Waals surface area contributed by atoms with Gasteiger partial charge in [-0.15, -0.1) is 0 Å². The first kappa shape index (κ1) is 12.6. The molecular formula is C14H20N4O. The lowest BCUT2D eigenvalue weighted by atomic mass is 10.0. The van der Waals surface area contributed by atoms with Crippen LogP contribution in [-0.4, -0.2) is 27.3 Å². The number of rotatable bonds is 5. The van der Waals surface area contributed by atoms with E-state index in [1.807, 2.05) is 23.1 Å². The lowest BCUT2D eigenvalue weighted by Gasteiger charge is -2.12.